The number of methoxy groups -OCH3 is 1. The second-order valence-electron chi connectivity index (χ2n) is 6.64. The smallest absolute Gasteiger partial charge is 0.229 e. The third-order valence-corrected chi connectivity index (χ3v) is 4.89. The minimum atomic E-state index is -0.363. The number of hydrogen-bond acceptors (Lipinski definition) is 6. The number of nitrogens with zero attached hydrogens (tertiary/aromatic N) is 2. The Labute approximate surface area is 153 Å². The van der Waals surface area contributed by atoms with E-state index < -0.39 is 0 Å². The zero-order valence-electron chi connectivity index (χ0n) is 15.1. The standard InChI is InChI=1S/C18H26N4O4/c1-25-14-2-3-15(19)16(11-14)20-18(24)13-10-17(23)22(12-13)5-4-21-6-8-26-9-7-21/h2-3,11,13H,4-10,12,19H2,1H3,(H,20,24). The molecule has 3 rings (SSSR count). The van der Waals surface area contributed by atoms with Crippen molar-refractivity contribution >= 4 is 23.2 Å². The van der Waals surface area contributed by atoms with E-state index in [4.69, 9.17) is 15.2 Å². The number of carbonyl (C=O) groups is 2. The molecule has 8 heteroatoms. The second-order valence-corrected chi connectivity index (χ2v) is 6.64. The first kappa shape index (κ1) is 18.5. The largest absolute Gasteiger partial charge is 0.497 e. The summed E-state index contributed by atoms with van der Waals surface area (Å²) in [6, 6.07) is 5.10. The number of likely N-dealkylation sites (tertiary alicyclic amines) is 1. The van der Waals surface area contributed by atoms with Crippen molar-refractivity contribution in [1.29, 1.82) is 0 Å². The van der Waals surface area contributed by atoms with Crippen LogP contribution < -0.4 is 15.8 Å². The number of hydrogen-bond donors (Lipinski definition) is 2. The van der Waals surface area contributed by atoms with Gasteiger partial charge in [0.15, 0.2) is 0 Å². The summed E-state index contributed by atoms with van der Waals surface area (Å²) < 4.78 is 10.5. The second kappa shape index (κ2) is 8.37. The fourth-order valence-corrected chi connectivity index (χ4v) is 3.26. The number of morpholine rings is 1. The van der Waals surface area contributed by atoms with Crippen molar-refractivity contribution in [2.24, 2.45) is 5.92 Å². The summed E-state index contributed by atoms with van der Waals surface area (Å²) >= 11 is 0. The Balaban J connectivity index is 1.53. The molecular weight excluding hydrogens is 336 g/mol. The number of nitrogen functional groups attached to an aromatic ring is 1. The third-order valence-electron chi connectivity index (χ3n) is 4.89. The lowest BCUT2D eigenvalue weighted by molar-refractivity contribution is -0.128. The van der Waals surface area contributed by atoms with Gasteiger partial charge in [-0.15, -0.1) is 0 Å². The van der Waals surface area contributed by atoms with Gasteiger partial charge in [0.2, 0.25) is 11.8 Å². The zero-order chi connectivity index (χ0) is 18.5. The highest BCUT2D eigenvalue weighted by Crippen LogP contribution is 2.26. The Morgan fingerprint density at radius 3 is 2.85 bits per heavy atom. The van der Waals surface area contributed by atoms with Gasteiger partial charge in [0.1, 0.15) is 5.75 Å². The van der Waals surface area contributed by atoms with E-state index in [1.807, 2.05) is 0 Å². The van der Waals surface area contributed by atoms with Crippen LogP contribution in [0.3, 0.4) is 0 Å². The van der Waals surface area contributed by atoms with E-state index in [1.165, 1.54) is 0 Å². The van der Waals surface area contributed by atoms with Crippen LogP contribution >= 0.6 is 0 Å². The minimum absolute atomic E-state index is 0.0250. The van der Waals surface area contributed by atoms with Crippen molar-refractivity contribution in [3.05, 3.63) is 18.2 Å². The molecular formula is C18H26N4O4. The average molecular weight is 362 g/mol. The summed E-state index contributed by atoms with van der Waals surface area (Å²) in [6.45, 7) is 5.15. The Hall–Kier alpha value is -2.32. The number of nitrogens with two attached hydrogens (primary N) is 1. The number of ether oxygens (including phenoxy) is 2. The number of anilines is 2. The van der Waals surface area contributed by atoms with Gasteiger partial charge in [-0.3, -0.25) is 14.5 Å². The molecule has 1 atom stereocenters. The summed E-state index contributed by atoms with van der Waals surface area (Å²) in [5, 5.41) is 2.82. The first-order chi connectivity index (χ1) is 12.6. The molecule has 0 bridgehead atoms. The molecule has 0 aromatic heterocycles. The molecule has 0 aliphatic carbocycles. The summed E-state index contributed by atoms with van der Waals surface area (Å²) in [5.41, 5.74) is 6.89. The first-order valence-corrected chi connectivity index (χ1v) is 8.89. The van der Waals surface area contributed by atoms with Crippen LogP contribution in [0.4, 0.5) is 11.4 Å². The van der Waals surface area contributed by atoms with Gasteiger partial charge in [0.25, 0.3) is 0 Å². The molecule has 0 spiro atoms. The van der Waals surface area contributed by atoms with Crippen LogP contribution in [-0.4, -0.2) is 74.7 Å². The molecule has 1 unspecified atom stereocenters. The van der Waals surface area contributed by atoms with Crippen molar-refractivity contribution < 1.29 is 19.1 Å². The van der Waals surface area contributed by atoms with Crippen molar-refractivity contribution in [2.45, 2.75) is 6.42 Å². The highest BCUT2D eigenvalue weighted by atomic mass is 16.5. The van der Waals surface area contributed by atoms with E-state index in [-0.39, 0.29) is 24.2 Å². The van der Waals surface area contributed by atoms with Gasteiger partial charge in [-0.1, -0.05) is 0 Å². The maximum atomic E-state index is 12.6. The molecule has 2 heterocycles. The van der Waals surface area contributed by atoms with Crippen LogP contribution in [0.25, 0.3) is 0 Å². The first-order valence-electron chi connectivity index (χ1n) is 8.89. The van der Waals surface area contributed by atoms with Crippen molar-refractivity contribution in [3.63, 3.8) is 0 Å². The van der Waals surface area contributed by atoms with Gasteiger partial charge in [-0.2, -0.15) is 0 Å². The van der Waals surface area contributed by atoms with Gasteiger partial charge in [0.05, 0.1) is 37.6 Å². The van der Waals surface area contributed by atoms with Gasteiger partial charge in [-0.05, 0) is 12.1 Å². The maximum Gasteiger partial charge on any atom is 0.229 e. The van der Waals surface area contributed by atoms with Gasteiger partial charge >= 0.3 is 0 Å². The van der Waals surface area contributed by atoms with Gasteiger partial charge < -0.3 is 25.4 Å². The predicted molar refractivity (Wildman–Crippen MR) is 98.0 cm³/mol. The minimum Gasteiger partial charge on any atom is -0.497 e. The summed E-state index contributed by atoms with van der Waals surface area (Å²) in [5.74, 6) is 0.0890. The van der Waals surface area contributed by atoms with E-state index in [1.54, 1.807) is 30.2 Å². The quantitative estimate of drug-likeness (QED) is 0.711. The van der Waals surface area contributed by atoms with Gasteiger partial charge in [-0.25, -0.2) is 0 Å². The fraction of sp³-hybridized carbons (Fsp3) is 0.556. The molecule has 0 radical (unpaired) electrons. The lowest BCUT2D eigenvalue weighted by Crippen LogP contribution is -2.42. The summed E-state index contributed by atoms with van der Waals surface area (Å²) in [6.07, 6.45) is 0.235. The van der Waals surface area contributed by atoms with Crippen LogP contribution in [-0.2, 0) is 14.3 Å². The highest BCUT2D eigenvalue weighted by Gasteiger charge is 2.34. The monoisotopic (exact) mass is 362 g/mol. The number of benzene rings is 1. The van der Waals surface area contributed by atoms with Crippen LogP contribution in [0.1, 0.15) is 6.42 Å². The number of rotatable bonds is 6. The lowest BCUT2D eigenvalue weighted by atomic mass is 10.1. The van der Waals surface area contributed by atoms with E-state index >= 15 is 0 Å². The molecule has 142 valence electrons. The van der Waals surface area contributed by atoms with E-state index in [9.17, 15) is 9.59 Å². The molecule has 3 N–H and O–H groups in total. The molecule has 2 fully saturated rings. The molecule has 1 aromatic rings. The van der Waals surface area contributed by atoms with E-state index in [0.29, 0.717) is 30.2 Å². The summed E-state index contributed by atoms with van der Waals surface area (Å²) in [4.78, 5) is 28.8. The van der Waals surface area contributed by atoms with E-state index in [0.717, 1.165) is 32.8 Å². The van der Waals surface area contributed by atoms with E-state index in [2.05, 4.69) is 10.2 Å². The fourth-order valence-electron chi connectivity index (χ4n) is 3.26. The molecule has 8 nitrogen and oxygen atoms in total. The van der Waals surface area contributed by atoms with Crippen molar-refractivity contribution in [3.8, 4) is 5.75 Å². The molecule has 2 aliphatic rings. The zero-order valence-corrected chi connectivity index (χ0v) is 15.1. The molecule has 2 aliphatic heterocycles. The Morgan fingerprint density at radius 1 is 1.35 bits per heavy atom. The summed E-state index contributed by atoms with van der Waals surface area (Å²) in [7, 11) is 1.55. The molecule has 26 heavy (non-hydrogen) atoms. The SMILES string of the molecule is COc1ccc(N)c(NC(=O)C2CC(=O)N(CCN3CCOCC3)C2)c1. The van der Waals surface area contributed by atoms with Crippen LogP contribution in [0, 0.1) is 5.92 Å². The predicted octanol–water partition coefficient (Wildman–Crippen LogP) is 0.397. The van der Waals surface area contributed by atoms with Crippen LogP contribution in [0.15, 0.2) is 18.2 Å². The van der Waals surface area contributed by atoms with Gasteiger partial charge in [0, 0.05) is 45.2 Å². The molecule has 0 saturated carbocycles. The van der Waals surface area contributed by atoms with Crippen molar-refractivity contribution in [1.82, 2.24) is 9.80 Å². The number of nitrogens with one attached hydrogen (secondary N) is 1. The average Bonchev–Trinajstić information content (AvgIpc) is 3.03. The van der Waals surface area contributed by atoms with Crippen LogP contribution in [0.5, 0.6) is 5.75 Å². The third kappa shape index (κ3) is 4.44. The number of carbonyl (C=O) groups excluding carboxylic acids is 2. The highest BCUT2D eigenvalue weighted by molar-refractivity contribution is 5.99. The van der Waals surface area contributed by atoms with Crippen molar-refractivity contribution in [2.75, 3.05) is 64.1 Å². The Morgan fingerprint density at radius 2 is 2.12 bits per heavy atom. The molecule has 2 saturated heterocycles. The Bertz CT molecular complexity index is 661. The topological polar surface area (TPSA) is 97.1 Å². The maximum absolute atomic E-state index is 12.6. The lowest BCUT2D eigenvalue weighted by Gasteiger charge is -2.28. The van der Waals surface area contributed by atoms with Crippen LogP contribution in [0.2, 0.25) is 0 Å². The number of amides is 2. The molecule has 1 aromatic carbocycles. The molecule has 2 amide bonds. The normalized spacial score (nSPS) is 21.0. The Kier molecular flexibility index (Phi) is 5.95.